The molecule has 0 aromatic heterocycles. The van der Waals surface area contributed by atoms with Gasteiger partial charge in [-0.25, -0.2) is 4.79 Å². The summed E-state index contributed by atoms with van der Waals surface area (Å²) in [4.78, 5) is 36.4. The van der Waals surface area contributed by atoms with E-state index in [1.54, 1.807) is 13.8 Å². The van der Waals surface area contributed by atoms with E-state index >= 15 is 0 Å². The van der Waals surface area contributed by atoms with Crippen molar-refractivity contribution in [2.75, 3.05) is 26.4 Å². The van der Waals surface area contributed by atoms with Gasteiger partial charge >= 0.3 is 17.9 Å². The van der Waals surface area contributed by atoms with Crippen molar-refractivity contribution in [2.24, 2.45) is 11.8 Å². The number of hydrogen-bond acceptors (Lipinski definition) is 12. The van der Waals surface area contributed by atoms with Crippen LogP contribution >= 0.6 is 0 Å². The van der Waals surface area contributed by atoms with Gasteiger partial charge in [-0.05, 0) is 46.0 Å². The zero-order valence-corrected chi connectivity index (χ0v) is 37.3. The number of hydrogen-bond donors (Lipinski definition) is 4. The van der Waals surface area contributed by atoms with Crippen LogP contribution in [0.4, 0.5) is 0 Å². The second-order valence-corrected chi connectivity index (χ2v) is 17.5. The number of ether oxygens (including phenoxy) is 5. The third kappa shape index (κ3) is 25.4. The Hall–Kier alpha value is -2.09. The summed E-state index contributed by atoms with van der Waals surface area (Å²) in [5, 5.41) is 41.3. The number of unbranched alkanes of at least 4 members (excludes halogenated alkanes) is 19. The molecule has 2 heterocycles. The van der Waals surface area contributed by atoms with E-state index in [1.165, 1.54) is 83.1 Å². The predicted octanol–water partition coefficient (Wildman–Crippen LogP) is 8.22. The first-order valence-electron chi connectivity index (χ1n) is 23.6. The Morgan fingerprint density at radius 2 is 1.14 bits per heavy atom. The number of epoxide rings is 1. The Kier molecular flexibility index (Phi) is 29.3. The topological polar surface area (TPSA) is 182 Å². The van der Waals surface area contributed by atoms with Crippen molar-refractivity contribution >= 4 is 17.9 Å². The lowest BCUT2D eigenvalue weighted by atomic mass is 9.85. The van der Waals surface area contributed by atoms with Crippen LogP contribution < -0.4 is 0 Å². The van der Waals surface area contributed by atoms with Crippen molar-refractivity contribution < 1.29 is 58.5 Å². The number of rotatable bonds is 36. The molecule has 0 aromatic carbocycles. The van der Waals surface area contributed by atoms with Gasteiger partial charge in [-0.2, -0.15) is 0 Å². The van der Waals surface area contributed by atoms with E-state index in [9.17, 15) is 34.8 Å². The molecular weight excluding hydrogens is 759 g/mol. The standard InChI is InChI=1S/C47H84O12/c1-5-6-7-8-9-10-11-12-13-14-15-16-17-20-23-26-42(50)57-33-39(49)34-58-43(51)27-24-21-18-19-22-25-28-55-44(52)30-35(2)29-40-46(54)45(53)38(32-56-40)31-41-47(59-41)36(3)37(4)48/h30,36-41,45-49,53-54H,5-29,31-34H2,1-4H3/b35-30+/t36-,37-,38-,39?,40-,41-,45+,46-,47-/m0/s1/i33+1,34+1,39+1. The predicted molar refractivity (Wildman–Crippen MR) is 228 cm³/mol. The lowest BCUT2D eigenvalue weighted by Gasteiger charge is -2.38. The van der Waals surface area contributed by atoms with Crippen LogP contribution in [0.2, 0.25) is 0 Å². The van der Waals surface area contributed by atoms with Crippen LogP contribution in [0.1, 0.15) is 188 Å². The molecule has 0 bridgehead atoms. The minimum Gasteiger partial charge on any atom is -0.463 e. The van der Waals surface area contributed by atoms with Crippen LogP contribution in [-0.2, 0) is 38.1 Å². The lowest BCUT2D eigenvalue weighted by Crippen LogP contribution is -2.50. The first-order chi connectivity index (χ1) is 28.4. The molecular formula is C47H84O12. The third-order valence-electron chi connectivity index (χ3n) is 11.9. The Labute approximate surface area is 356 Å². The van der Waals surface area contributed by atoms with Gasteiger partial charge in [0.05, 0.1) is 43.7 Å². The summed E-state index contributed by atoms with van der Waals surface area (Å²) in [6.07, 6.45) is 22.6. The summed E-state index contributed by atoms with van der Waals surface area (Å²) >= 11 is 0. The highest BCUT2D eigenvalue weighted by Crippen LogP contribution is 2.38. The second-order valence-electron chi connectivity index (χ2n) is 17.5. The maximum Gasteiger partial charge on any atom is 0.330 e. The van der Waals surface area contributed by atoms with Crippen LogP contribution in [0.15, 0.2) is 11.6 Å². The molecule has 344 valence electrons. The van der Waals surface area contributed by atoms with E-state index in [2.05, 4.69) is 6.92 Å². The molecule has 59 heavy (non-hydrogen) atoms. The van der Waals surface area contributed by atoms with Gasteiger partial charge in [0.2, 0.25) is 0 Å². The monoisotopic (exact) mass is 844 g/mol. The van der Waals surface area contributed by atoms with Crippen molar-refractivity contribution in [3.8, 4) is 0 Å². The summed E-state index contributed by atoms with van der Waals surface area (Å²) in [5.41, 5.74) is 0.693. The molecule has 0 saturated carbocycles. The van der Waals surface area contributed by atoms with E-state index in [0.29, 0.717) is 37.9 Å². The van der Waals surface area contributed by atoms with Crippen molar-refractivity contribution in [1.29, 1.82) is 0 Å². The smallest absolute Gasteiger partial charge is 0.330 e. The molecule has 2 fully saturated rings. The summed E-state index contributed by atoms with van der Waals surface area (Å²) in [6, 6.07) is 0. The fraction of sp³-hybridized carbons (Fsp3) is 0.894. The van der Waals surface area contributed by atoms with Gasteiger partial charge in [-0.1, -0.05) is 135 Å². The molecule has 0 aliphatic carbocycles. The molecule has 0 spiro atoms. The largest absolute Gasteiger partial charge is 0.463 e. The number of esters is 3. The van der Waals surface area contributed by atoms with Crippen molar-refractivity contribution in [2.45, 2.75) is 231 Å². The van der Waals surface area contributed by atoms with Crippen LogP contribution in [0.3, 0.4) is 0 Å². The number of carbonyl (C=O) groups excluding carboxylic acids is 3. The molecule has 4 N–H and O–H groups in total. The number of carbonyl (C=O) groups is 3. The highest BCUT2D eigenvalue weighted by atomic mass is 16.7. The minimum atomic E-state index is -1.08. The fourth-order valence-corrected chi connectivity index (χ4v) is 7.79. The normalized spacial score (nSPS) is 23.4. The molecule has 1 unspecified atom stereocenters. The fourth-order valence-electron chi connectivity index (χ4n) is 7.79. The van der Waals surface area contributed by atoms with Crippen LogP contribution in [-0.4, -0.2) is 107 Å². The average molecular weight is 844 g/mol. The van der Waals surface area contributed by atoms with E-state index in [0.717, 1.165) is 51.4 Å². The van der Waals surface area contributed by atoms with E-state index in [-0.39, 0.29) is 62.2 Å². The Bertz CT molecular complexity index is 1140. The molecule has 12 nitrogen and oxygen atoms in total. The molecule has 2 aliphatic rings. The second kappa shape index (κ2) is 32.6. The molecule has 2 rings (SSSR count). The van der Waals surface area contributed by atoms with E-state index < -0.39 is 36.5 Å². The van der Waals surface area contributed by atoms with Crippen LogP contribution in [0.5, 0.6) is 0 Å². The molecule has 0 aromatic rings. The molecule has 12 heteroatoms. The number of aliphatic hydroxyl groups is 4. The van der Waals surface area contributed by atoms with Crippen molar-refractivity contribution in [3.63, 3.8) is 0 Å². The van der Waals surface area contributed by atoms with Gasteiger partial charge in [-0.15, -0.1) is 0 Å². The van der Waals surface area contributed by atoms with Crippen molar-refractivity contribution in [1.82, 2.24) is 0 Å². The summed E-state index contributed by atoms with van der Waals surface area (Å²) in [7, 11) is 0. The molecule has 9 atom stereocenters. The Morgan fingerprint density at radius 1 is 0.661 bits per heavy atom. The summed E-state index contributed by atoms with van der Waals surface area (Å²) < 4.78 is 27.2. The van der Waals surface area contributed by atoms with Crippen LogP contribution in [0, 0.1) is 11.8 Å². The van der Waals surface area contributed by atoms with Gasteiger partial charge in [0, 0.05) is 30.8 Å². The first-order valence-corrected chi connectivity index (χ1v) is 23.6. The zero-order chi connectivity index (χ0) is 43.3. The van der Waals surface area contributed by atoms with Gasteiger partial charge < -0.3 is 44.1 Å². The van der Waals surface area contributed by atoms with Gasteiger partial charge in [0.25, 0.3) is 0 Å². The first kappa shape index (κ1) is 53.0. The molecule has 0 amide bonds. The Balaban J connectivity index is 1.37. The molecule has 0 radical (unpaired) electrons. The summed E-state index contributed by atoms with van der Waals surface area (Å²) in [6.45, 7) is 7.91. The Morgan fingerprint density at radius 3 is 1.63 bits per heavy atom. The zero-order valence-electron chi connectivity index (χ0n) is 37.3. The van der Waals surface area contributed by atoms with Gasteiger partial charge in [-0.3, -0.25) is 9.59 Å². The van der Waals surface area contributed by atoms with E-state index in [4.69, 9.17) is 23.7 Å². The van der Waals surface area contributed by atoms with Crippen molar-refractivity contribution in [3.05, 3.63) is 11.6 Å². The maximum absolute atomic E-state index is 12.3. The average Bonchev–Trinajstić information content (AvgIpc) is 3.98. The third-order valence-corrected chi connectivity index (χ3v) is 11.9. The molecule has 2 saturated heterocycles. The van der Waals surface area contributed by atoms with Gasteiger partial charge in [0.15, 0.2) is 0 Å². The maximum atomic E-state index is 12.3. The minimum absolute atomic E-state index is 0.000746. The number of aliphatic hydroxyl groups excluding tert-OH is 4. The lowest BCUT2D eigenvalue weighted by molar-refractivity contribution is -0.165. The van der Waals surface area contributed by atoms with E-state index in [1.807, 2.05) is 6.92 Å². The van der Waals surface area contributed by atoms with Crippen LogP contribution in [0.25, 0.3) is 0 Å². The quantitative estimate of drug-likeness (QED) is 0.0119. The highest BCUT2D eigenvalue weighted by Gasteiger charge is 2.48. The molecule has 2 aliphatic heterocycles. The summed E-state index contributed by atoms with van der Waals surface area (Å²) in [5.74, 6) is -1.42. The highest BCUT2D eigenvalue weighted by molar-refractivity contribution is 5.82. The van der Waals surface area contributed by atoms with Gasteiger partial charge in [0.1, 0.15) is 25.4 Å². The SMILES string of the molecule is CCCCCCCCCCCCCCCCCC(=O)O[13CH2][13CH](O)[13CH2]OC(=O)CCCCCCCCOC(=O)/C=C(\C)C[C@@H]1OC[C@H](C[C@@H]2O[C@H]2[C@@H](C)[C@H](C)O)[C@@H](O)[C@H]1O.